The Kier molecular flexibility index (Phi) is 33.1. The third-order valence-corrected chi connectivity index (χ3v) is 13.0. The van der Waals surface area contributed by atoms with Gasteiger partial charge < -0.3 is 52.2 Å². The summed E-state index contributed by atoms with van der Waals surface area (Å²) in [5.41, 5.74) is 0. The fraction of sp³-hybridized carbons (Fsp3) is 0.818. The smallest absolute Gasteiger partial charge is 0.329 e. The van der Waals surface area contributed by atoms with Gasteiger partial charge in [-0.15, -0.1) is 0 Å². The molecule has 1 aliphatic heterocycles. The number of hydrogen-bond donors (Lipinski definition) is 9. The molecule has 1 aliphatic rings. The van der Waals surface area contributed by atoms with Crippen LogP contribution in [0.15, 0.2) is 0 Å². The lowest BCUT2D eigenvalue weighted by molar-refractivity contribution is -0.156. The highest BCUT2D eigenvalue weighted by Crippen LogP contribution is 2.19. The van der Waals surface area contributed by atoms with Crippen LogP contribution in [-0.2, 0) is 52.7 Å². The van der Waals surface area contributed by atoms with Gasteiger partial charge in [0.25, 0.3) is 0 Å². The fourth-order valence-corrected chi connectivity index (χ4v) is 8.96. The number of ether oxygens (including phenoxy) is 1. The number of rotatable bonds is 27. The summed E-state index contributed by atoms with van der Waals surface area (Å²) >= 11 is 0. The molecule has 20 heteroatoms. The van der Waals surface area contributed by atoms with E-state index in [0.717, 1.165) is 32.1 Å². The number of aliphatic carboxylic acids is 2. The summed E-state index contributed by atoms with van der Waals surface area (Å²) in [6.07, 6.45) is 10.1. The summed E-state index contributed by atoms with van der Waals surface area (Å²) in [6, 6.07) is -9.64. The molecule has 0 aromatic heterocycles. The van der Waals surface area contributed by atoms with Gasteiger partial charge >= 0.3 is 17.9 Å². The maximum atomic E-state index is 14.2. The van der Waals surface area contributed by atoms with Crippen LogP contribution in [0.25, 0.3) is 0 Å². The van der Waals surface area contributed by atoms with E-state index in [9.17, 15) is 58.2 Å². The monoisotopic (exact) mass is 1060 g/mol. The van der Waals surface area contributed by atoms with Gasteiger partial charge in [0.05, 0.1) is 12.8 Å². The topological polar surface area (TPSA) is 305 Å². The van der Waals surface area contributed by atoms with E-state index in [0.29, 0.717) is 6.42 Å². The van der Waals surface area contributed by atoms with Gasteiger partial charge in [-0.1, -0.05) is 147 Å². The van der Waals surface area contributed by atoms with Gasteiger partial charge in [-0.05, 0) is 74.5 Å². The summed E-state index contributed by atoms with van der Waals surface area (Å²) in [6.45, 7) is 19.9. The zero-order valence-corrected chi connectivity index (χ0v) is 47.2. The van der Waals surface area contributed by atoms with E-state index in [1.54, 1.807) is 55.4 Å². The highest BCUT2D eigenvalue weighted by Gasteiger charge is 2.37. The maximum Gasteiger partial charge on any atom is 0.329 e. The summed E-state index contributed by atoms with van der Waals surface area (Å²) in [5, 5.41) is 38.0. The van der Waals surface area contributed by atoms with Crippen molar-refractivity contribution < 1.29 is 62.9 Å². The van der Waals surface area contributed by atoms with E-state index in [2.05, 4.69) is 44.1 Å². The van der Waals surface area contributed by atoms with Crippen LogP contribution in [0, 0.1) is 29.6 Å². The first-order chi connectivity index (χ1) is 35.2. The predicted molar refractivity (Wildman–Crippen MR) is 285 cm³/mol. The van der Waals surface area contributed by atoms with Crippen LogP contribution in [0.1, 0.15) is 211 Å². The molecule has 0 aliphatic carbocycles. The molecule has 430 valence electrons. The zero-order chi connectivity index (χ0) is 56.8. The third kappa shape index (κ3) is 29.6. The maximum absolute atomic E-state index is 14.2. The Morgan fingerprint density at radius 3 is 1.16 bits per heavy atom. The SMILES string of the molecule is CCCCCCCCCCCCCCC1CC(=O)NC(CCC(=O)O)C(=O)NC(CC(C)C)C(=O)NC(CC(C)C)C(=O)NC(CC(C)C)C(=O)NC(CC(=O)O)C(=O)NC(CC(C)C)C(=O)NC(C(C)C)C(=O)O1. The minimum Gasteiger partial charge on any atom is -0.481 e. The molecule has 75 heavy (non-hydrogen) atoms. The second-order valence-electron chi connectivity index (χ2n) is 22.6. The van der Waals surface area contributed by atoms with Gasteiger partial charge in [-0.2, -0.15) is 0 Å². The minimum absolute atomic E-state index is 0.0299. The Morgan fingerprint density at radius 2 is 0.800 bits per heavy atom. The van der Waals surface area contributed by atoms with Crippen LogP contribution in [0.3, 0.4) is 0 Å². The van der Waals surface area contributed by atoms with Crippen molar-refractivity contribution in [3.05, 3.63) is 0 Å². The second kappa shape index (κ2) is 36.6. The van der Waals surface area contributed by atoms with Gasteiger partial charge in [0, 0.05) is 6.42 Å². The first-order valence-electron chi connectivity index (χ1n) is 28.0. The first kappa shape index (κ1) is 67.7. The molecule has 1 rings (SSSR count). The Hall–Kier alpha value is -5.30. The van der Waals surface area contributed by atoms with E-state index in [-0.39, 0.29) is 62.2 Å². The molecular formula is C55H97N7O13. The van der Waals surface area contributed by atoms with Crippen molar-refractivity contribution in [3.63, 3.8) is 0 Å². The Bertz CT molecular complexity index is 1820. The van der Waals surface area contributed by atoms with Gasteiger partial charge in [-0.3, -0.25) is 43.2 Å². The van der Waals surface area contributed by atoms with Crippen LogP contribution < -0.4 is 37.2 Å². The zero-order valence-electron chi connectivity index (χ0n) is 47.2. The molecule has 1 fully saturated rings. The molecule has 1 heterocycles. The van der Waals surface area contributed by atoms with E-state index in [1.165, 1.54) is 38.5 Å². The highest BCUT2D eigenvalue weighted by molar-refractivity contribution is 5.98. The number of carbonyl (C=O) groups excluding carboxylic acids is 8. The molecule has 20 nitrogen and oxygen atoms in total. The number of unbranched alkanes of at least 4 members (excludes halogenated alkanes) is 11. The molecular weight excluding hydrogens is 967 g/mol. The lowest BCUT2D eigenvalue weighted by atomic mass is 9.98. The van der Waals surface area contributed by atoms with Gasteiger partial charge in [0.15, 0.2) is 0 Å². The first-order valence-corrected chi connectivity index (χ1v) is 28.0. The number of carboxylic acid groups (broad SMARTS) is 2. The number of carboxylic acids is 2. The number of esters is 1. The summed E-state index contributed by atoms with van der Waals surface area (Å²) < 4.78 is 6.03. The van der Waals surface area contributed by atoms with Crippen molar-refractivity contribution in [1.82, 2.24) is 37.2 Å². The van der Waals surface area contributed by atoms with E-state index < -0.39 is 133 Å². The molecule has 0 radical (unpaired) electrons. The number of cyclic esters (lactones) is 1. The number of amides is 7. The van der Waals surface area contributed by atoms with Gasteiger partial charge in [0.2, 0.25) is 41.4 Å². The Labute approximate surface area is 447 Å². The summed E-state index contributed by atoms with van der Waals surface area (Å²) in [4.78, 5) is 137. The van der Waals surface area contributed by atoms with Crippen molar-refractivity contribution in [2.24, 2.45) is 29.6 Å². The molecule has 0 saturated carbocycles. The van der Waals surface area contributed by atoms with Crippen molar-refractivity contribution >= 4 is 59.3 Å². The van der Waals surface area contributed by atoms with Crippen LogP contribution in [0.5, 0.6) is 0 Å². The molecule has 0 bridgehead atoms. The largest absolute Gasteiger partial charge is 0.481 e. The van der Waals surface area contributed by atoms with E-state index in [1.807, 2.05) is 13.8 Å². The molecule has 0 spiro atoms. The normalized spacial score (nSPS) is 23.6. The van der Waals surface area contributed by atoms with Crippen LogP contribution in [-0.4, -0.2) is 118 Å². The number of carbonyl (C=O) groups is 10. The Morgan fingerprint density at radius 1 is 0.453 bits per heavy atom. The molecule has 9 N–H and O–H groups in total. The lowest BCUT2D eigenvalue weighted by Crippen LogP contribution is -2.60. The predicted octanol–water partition coefficient (Wildman–Crippen LogP) is 5.97. The van der Waals surface area contributed by atoms with Crippen LogP contribution in [0.4, 0.5) is 0 Å². The van der Waals surface area contributed by atoms with Gasteiger partial charge in [-0.25, -0.2) is 4.79 Å². The third-order valence-electron chi connectivity index (χ3n) is 13.0. The summed E-state index contributed by atoms with van der Waals surface area (Å²) in [7, 11) is 0. The van der Waals surface area contributed by atoms with Crippen molar-refractivity contribution in [2.45, 2.75) is 259 Å². The number of nitrogens with one attached hydrogen (secondary N) is 7. The number of hydrogen-bond acceptors (Lipinski definition) is 11. The minimum atomic E-state index is -1.72. The molecule has 0 aromatic carbocycles. The highest BCUT2D eigenvalue weighted by atomic mass is 16.5. The van der Waals surface area contributed by atoms with Crippen LogP contribution in [0.2, 0.25) is 0 Å². The molecule has 1 saturated heterocycles. The van der Waals surface area contributed by atoms with Crippen molar-refractivity contribution in [2.75, 3.05) is 0 Å². The van der Waals surface area contributed by atoms with E-state index >= 15 is 0 Å². The average Bonchev–Trinajstić information content (AvgIpc) is 3.29. The summed E-state index contributed by atoms with van der Waals surface area (Å²) in [5.74, 6) is -10.8. The lowest BCUT2D eigenvalue weighted by Gasteiger charge is -2.29. The molecule has 0 aromatic rings. The molecule has 8 atom stereocenters. The average molecular weight is 1060 g/mol. The van der Waals surface area contributed by atoms with Crippen molar-refractivity contribution in [1.29, 1.82) is 0 Å². The second-order valence-corrected chi connectivity index (χ2v) is 22.6. The standard InChI is InChI=1S/C55H97N7O13/c1-12-13-14-15-16-17-18-19-20-21-22-23-24-38-31-45(63)56-39(25-26-46(64)65)49(68)57-40(27-33(2)3)50(69)58-41(28-34(4)5)51(70)59-42(29-35(6)7)52(71)61-44(32-47(66)67)53(72)60-43(30-36(8)9)54(73)62-48(37(10)11)55(74)75-38/h33-44,48H,12-32H2,1-11H3,(H,56,63)(H,57,68)(H,58,69)(H,59,70)(H,60,72)(H,61,71)(H,62,73)(H,64,65)(H,66,67). The van der Waals surface area contributed by atoms with Crippen LogP contribution >= 0.6 is 0 Å². The van der Waals surface area contributed by atoms with Gasteiger partial charge in [0.1, 0.15) is 48.4 Å². The molecule has 8 unspecified atom stereocenters. The Balaban J connectivity index is 3.88. The van der Waals surface area contributed by atoms with E-state index in [4.69, 9.17) is 4.74 Å². The van der Waals surface area contributed by atoms with Crippen molar-refractivity contribution in [3.8, 4) is 0 Å². The quantitative estimate of drug-likeness (QED) is 0.0339. The molecule has 7 amide bonds. The fourth-order valence-electron chi connectivity index (χ4n) is 8.96.